The Morgan fingerprint density at radius 1 is 1.71 bits per heavy atom. The molecule has 0 radical (unpaired) electrons. The van der Waals surface area contributed by atoms with Gasteiger partial charge in [0, 0.05) is 18.8 Å². The average molecular weight is 199 g/mol. The van der Waals surface area contributed by atoms with Crippen LogP contribution in [0.2, 0.25) is 0 Å². The number of aromatic nitrogens is 1. The minimum atomic E-state index is -0.630. The van der Waals surface area contributed by atoms with Crippen LogP contribution in [0.25, 0.3) is 0 Å². The first kappa shape index (κ1) is 10.9. The minimum absolute atomic E-state index is 0.156. The summed E-state index contributed by atoms with van der Waals surface area (Å²) >= 11 is 0. The number of hydrogen-bond acceptors (Lipinski definition) is 4. The van der Waals surface area contributed by atoms with Crippen molar-refractivity contribution in [1.82, 2.24) is 4.98 Å². The van der Waals surface area contributed by atoms with Crippen molar-refractivity contribution >= 4 is 5.82 Å². The van der Waals surface area contributed by atoms with Crippen molar-refractivity contribution in [2.24, 2.45) is 5.73 Å². The summed E-state index contributed by atoms with van der Waals surface area (Å²) < 4.78 is 13.0. The molecule has 0 spiro atoms. The molecule has 1 aromatic rings. The number of anilines is 1. The third-order valence-corrected chi connectivity index (χ3v) is 1.88. The van der Waals surface area contributed by atoms with Gasteiger partial charge in [-0.2, -0.15) is 0 Å². The molecule has 4 nitrogen and oxygen atoms in total. The fourth-order valence-corrected chi connectivity index (χ4v) is 0.901. The predicted octanol–water partition coefficient (Wildman–Crippen LogP) is 0.341. The Morgan fingerprint density at radius 3 is 3.00 bits per heavy atom. The standard InChI is InChI=1S/C9H14FN3O/c1-6(14)8(11)5-13-9-7(10)3-2-4-12-9/h2-4,6,8,14H,5,11H2,1H3,(H,12,13). The first-order chi connectivity index (χ1) is 6.61. The average Bonchev–Trinajstić information content (AvgIpc) is 2.16. The van der Waals surface area contributed by atoms with Crippen LogP contribution < -0.4 is 11.1 Å². The maximum absolute atomic E-state index is 13.0. The Morgan fingerprint density at radius 2 is 2.43 bits per heavy atom. The van der Waals surface area contributed by atoms with Crippen LogP contribution in [0.5, 0.6) is 0 Å². The molecular weight excluding hydrogens is 185 g/mol. The van der Waals surface area contributed by atoms with E-state index < -0.39 is 18.0 Å². The molecule has 5 heteroatoms. The number of nitrogens with zero attached hydrogens (tertiary/aromatic N) is 1. The van der Waals surface area contributed by atoms with Crippen molar-refractivity contribution in [2.75, 3.05) is 11.9 Å². The SMILES string of the molecule is CC(O)C(N)CNc1ncccc1F. The molecule has 0 aromatic carbocycles. The van der Waals surface area contributed by atoms with Gasteiger partial charge in [0.05, 0.1) is 6.10 Å². The highest BCUT2D eigenvalue weighted by Crippen LogP contribution is 2.07. The van der Waals surface area contributed by atoms with Crippen LogP contribution in [0.4, 0.5) is 10.2 Å². The van der Waals surface area contributed by atoms with E-state index in [1.807, 2.05) is 0 Å². The van der Waals surface area contributed by atoms with Gasteiger partial charge in [0.1, 0.15) is 0 Å². The summed E-state index contributed by atoms with van der Waals surface area (Å²) in [6, 6.07) is 2.38. The number of pyridine rings is 1. The van der Waals surface area contributed by atoms with E-state index in [4.69, 9.17) is 10.8 Å². The molecule has 0 aliphatic carbocycles. The quantitative estimate of drug-likeness (QED) is 0.654. The molecule has 4 N–H and O–H groups in total. The predicted molar refractivity (Wildman–Crippen MR) is 52.3 cm³/mol. The molecule has 14 heavy (non-hydrogen) atoms. The van der Waals surface area contributed by atoms with Crippen LogP contribution in [0, 0.1) is 5.82 Å². The Bertz CT molecular complexity index is 293. The first-order valence-electron chi connectivity index (χ1n) is 4.39. The van der Waals surface area contributed by atoms with E-state index in [1.54, 1.807) is 6.92 Å². The van der Waals surface area contributed by atoms with Crippen LogP contribution in [-0.4, -0.2) is 28.8 Å². The van der Waals surface area contributed by atoms with Gasteiger partial charge < -0.3 is 16.2 Å². The fraction of sp³-hybridized carbons (Fsp3) is 0.444. The summed E-state index contributed by atoms with van der Waals surface area (Å²) in [6.07, 6.45) is 0.855. The molecule has 0 aliphatic rings. The van der Waals surface area contributed by atoms with Crippen LogP contribution >= 0.6 is 0 Å². The van der Waals surface area contributed by atoms with E-state index in [0.29, 0.717) is 0 Å². The van der Waals surface area contributed by atoms with Gasteiger partial charge in [-0.3, -0.25) is 0 Å². The van der Waals surface area contributed by atoms with Crippen molar-refractivity contribution in [1.29, 1.82) is 0 Å². The Balaban J connectivity index is 2.50. The van der Waals surface area contributed by atoms with Crippen LogP contribution in [0.1, 0.15) is 6.92 Å². The van der Waals surface area contributed by atoms with Crippen molar-refractivity contribution in [3.8, 4) is 0 Å². The lowest BCUT2D eigenvalue weighted by molar-refractivity contribution is 0.168. The lowest BCUT2D eigenvalue weighted by Gasteiger charge is -2.15. The minimum Gasteiger partial charge on any atom is -0.392 e. The molecule has 0 saturated carbocycles. The normalized spacial score (nSPS) is 14.9. The lowest BCUT2D eigenvalue weighted by atomic mass is 10.2. The maximum atomic E-state index is 13.0. The van der Waals surface area contributed by atoms with Crippen molar-refractivity contribution in [3.63, 3.8) is 0 Å². The third kappa shape index (κ3) is 2.93. The summed E-state index contributed by atoms with van der Waals surface area (Å²) in [5.41, 5.74) is 5.55. The third-order valence-electron chi connectivity index (χ3n) is 1.88. The van der Waals surface area contributed by atoms with Crippen molar-refractivity contribution in [2.45, 2.75) is 19.1 Å². The number of aliphatic hydroxyl groups is 1. The molecule has 1 aromatic heterocycles. The molecule has 0 aliphatic heterocycles. The Labute approximate surface area is 82.0 Å². The van der Waals surface area contributed by atoms with E-state index in [2.05, 4.69) is 10.3 Å². The van der Waals surface area contributed by atoms with E-state index in [0.717, 1.165) is 0 Å². The molecule has 2 atom stereocenters. The zero-order valence-corrected chi connectivity index (χ0v) is 7.94. The summed E-state index contributed by atoms with van der Waals surface area (Å²) in [7, 11) is 0. The van der Waals surface area contributed by atoms with Gasteiger partial charge >= 0.3 is 0 Å². The highest BCUT2D eigenvalue weighted by molar-refractivity contribution is 5.35. The number of aliphatic hydroxyl groups excluding tert-OH is 1. The molecule has 0 saturated heterocycles. The summed E-state index contributed by atoms with van der Waals surface area (Å²) in [5, 5.41) is 11.8. The molecule has 78 valence electrons. The van der Waals surface area contributed by atoms with Crippen LogP contribution in [0.15, 0.2) is 18.3 Å². The molecule has 0 amide bonds. The van der Waals surface area contributed by atoms with Gasteiger partial charge in [-0.05, 0) is 19.1 Å². The number of rotatable bonds is 4. The smallest absolute Gasteiger partial charge is 0.165 e. The maximum Gasteiger partial charge on any atom is 0.165 e. The van der Waals surface area contributed by atoms with Crippen LogP contribution in [0.3, 0.4) is 0 Å². The molecule has 0 fully saturated rings. The number of halogens is 1. The van der Waals surface area contributed by atoms with E-state index >= 15 is 0 Å². The van der Waals surface area contributed by atoms with Gasteiger partial charge in [-0.25, -0.2) is 9.37 Å². The molecule has 2 unspecified atom stereocenters. The topological polar surface area (TPSA) is 71.2 Å². The molecule has 1 heterocycles. The second-order valence-corrected chi connectivity index (χ2v) is 3.12. The van der Waals surface area contributed by atoms with E-state index in [9.17, 15) is 4.39 Å². The monoisotopic (exact) mass is 199 g/mol. The largest absolute Gasteiger partial charge is 0.392 e. The number of nitrogens with one attached hydrogen (secondary N) is 1. The fourth-order valence-electron chi connectivity index (χ4n) is 0.901. The molecular formula is C9H14FN3O. The van der Waals surface area contributed by atoms with Crippen molar-refractivity contribution < 1.29 is 9.50 Å². The van der Waals surface area contributed by atoms with Gasteiger partial charge in [-0.1, -0.05) is 0 Å². The highest BCUT2D eigenvalue weighted by Gasteiger charge is 2.10. The zero-order chi connectivity index (χ0) is 10.6. The number of hydrogen-bond donors (Lipinski definition) is 3. The van der Waals surface area contributed by atoms with Gasteiger partial charge in [0.25, 0.3) is 0 Å². The van der Waals surface area contributed by atoms with E-state index in [1.165, 1.54) is 18.3 Å². The molecule has 1 rings (SSSR count). The van der Waals surface area contributed by atoms with Gasteiger partial charge in [0.2, 0.25) is 0 Å². The van der Waals surface area contributed by atoms with Crippen molar-refractivity contribution in [3.05, 3.63) is 24.1 Å². The summed E-state index contributed by atoms with van der Waals surface area (Å²) in [5.74, 6) is -0.270. The number of nitrogens with two attached hydrogens (primary N) is 1. The summed E-state index contributed by atoms with van der Waals surface area (Å²) in [6.45, 7) is 1.87. The second kappa shape index (κ2) is 4.88. The lowest BCUT2D eigenvalue weighted by Crippen LogP contribution is -2.38. The molecule has 0 bridgehead atoms. The van der Waals surface area contributed by atoms with Gasteiger partial charge in [0.15, 0.2) is 11.6 Å². The van der Waals surface area contributed by atoms with E-state index in [-0.39, 0.29) is 12.4 Å². The van der Waals surface area contributed by atoms with Gasteiger partial charge in [-0.15, -0.1) is 0 Å². The van der Waals surface area contributed by atoms with Crippen LogP contribution in [-0.2, 0) is 0 Å². The first-order valence-corrected chi connectivity index (χ1v) is 4.39. The second-order valence-electron chi connectivity index (χ2n) is 3.12. The Kier molecular flexibility index (Phi) is 3.79. The Hall–Kier alpha value is -1.20. The zero-order valence-electron chi connectivity index (χ0n) is 7.94. The summed E-state index contributed by atoms with van der Waals surface area (Å²) in [4.78, 5) is 3.79. The highest BCUT2D eigenvalue weighted by atomic mass is 19.1.